The van der Waals surface area contributed by atoms with Crippen LogP contribution in [0.2, 0.25) is 0 Å². The van der Waals surface area contributed by atoms with E-state index >= 15 is 0 Å². The topological polar surface area (TPSA) is 77.5 Å². The number of anilines is 1. The number of methoxy groups -OCH3 is 1. The van der Waals surface area contributed by atoms with Crippen molar-refractivity contribution in [2.24, 2.45) is 0 Å². The number of hydrogen-bond acceptors (Lipinski definition) is 6. The highest BCUT2D eigenvalue weighted by molar-refractivity contribution is 7.10. The van der Waals surface area contributed by atoms with Crippen molar-refractivity contribution in [1.29, 1.82) is 0 Å². The van der Waals surface area contributed by atoms with Crippen LogP contribution < -0.4 is 5.32 Å². The van der Waals surface area contributed by atoms with E-state index in [1.165, 1.54) is 18.6 Å². The number of nitrogens with one attached hydrogen (secondary N) is 1. The molecule has 1 saturated carbocycles. The fourth-order valence-electron chi connectivity index (χ4n) is 3.67. The molecule has 3 aromatic rings. The fourth-order valence-corrected chi connectivity index (χ4v) is 4.52. The summed E-state index contributed by atoms with van der Waals surface area (Å²) < 4.78 is 14.9. The average Bonchev–Trinajstić information content (AvgIpc) is 3.53. The molecule has 1 unspecified atom stereocenters. The Morgan fingerprint density at radius 3 is 2.39 bits per heavy atom. The van der Waals surface area contributed by atoms with E-state index in [0.29, 0.717) is 5.69 Å². The molecule has 1 atom stereocenters. The van der Waals surface area contributed by atoms with Gasteiger partial charge in [0, 0.05) is 0 Å². The van der Waals surface area contributed by atoms with Crippen LogP contribution in [0, 0.1) is 6.92 Å². The van der Waals surface area contributed by atoms with Gasteiger partial charge in [0.25, 0.3) is 0 Å². The van der Waals surface area contributed by atoms with E-state index in [2.05, 4.69) is 9.69 Å². The Bertz CT molecular complexity index is 1090. The lowest BCUT2D eigenvalue weighted by Crippen LogP contribution is -2.21. The smallest absolute Gasteiger partial charge is 0.412 e. The standard InChI is InChI=1S/C24H24N2O4S/c1-15-20(25-23(28)30-16(2)17-7-5-4-6-8-17)21(31-26-15)18-9-11-19(12-10-18)24(13-14-24)22(27)29-3/h4-12,16H,13-14H2,1-3H3,(H,25,28). The van der Waals surface area contributed by atoms with E-state index in [1.807, 2.05) is 68.4 Å². The Labute approximate surface area is 185 Å². The van der Waals surface area contributed by atoms with Crippen LogP contribution >= 0.6 is 11.5 Å². The molecular formula is C24H24N2O4S. The predicted molar refractivity (Wildman–Crippen MR) is 120 cm³/mol. The Morgan fingerprint density at radius 1 is 1.10 bits per heavy atom. The summed E-state index contributed by atoms with van der Waals surface area (Å²) in [5.74, 6) is -0.188. The number of rotatable bonds is 6. The molecule has 0 bridgehead atoms. The third-order valence-corrected chi connectivity index (χ3v) is 6.66. The summed E-state index contributed by atoms with van der Waals surface area (Å²) in [7, 11) is 1.42. The van der Waals surface area contributed by atoms with Crippen LogP contribution in [0.15, 0.2) is 54.6 Å². The summed E-state index contributed by atoms with van der Waals surface area (Å²) in [5, 5.41) is 2.86. The molecule has 0 spiro atoms. The Hall–Kier alpha value is -3.19. The second-order valence-electron chi connectivity index (χ2n) is 7.71. The number of amides is 1. The first-order valence-electron chi connectivity index (χ1n) is 10.1. The van der Waals surface area contributed by atoms with Crippen molar-refractivity contribution in [2.45, 2.75) is 38.2 Å². The number of esters is 1. The largest absolute Gasteiger partial charge is 0.468 e. The van der Waals surface area contributed by atoms with Gasteiger partial charge in [-0.2, -0.15) is 4.37 Å². The summed E-state index contributed by atoms with van der Waals surface area (Å²) in [5.41, 5.74) is 3.65. The van der Waals surface area contributed by atoms with Crippen LogP contribution in [-0.2, 0) is 19.7 Å². The molecule has 7 heteroatoms. The lowest BCUT2D eigenvalue weighted by molar-refractivity contribution is -0.143. The normalized spacial score (nSPS) is 15.1. The SMILES string of the molecule is COC(=O)C1(c2ccc(-c3snc(C)c3NC(=O)OC(C)c3ccccc3)cc2)CC1. The van der Waals surface area contributed by atoms with Crippen molar-refractivity contribution in [2.75, 3.05) is 12.4 Å². The van der Waals surface area contributed by atoms with Gasteiger partial charge in [0.05, 0.1) is 28.8 Å². The predicted octanol–water partition coefficient (Wildman–Crippen LogP) is 5.63. The van der Waals surface area contributed by atoms with Gasteiger partial charge >= 0.3 is 12.1 Å². The van der Waals surface area contributed by atoms with Gasteiger partial charge in [0.2, 0.25) is 0 Å². The maximum Gasteiger partial charge on any atom is 0.412 e. The van der Waals surface area contributed by atoms with Crippen LogP contribution in [0.25, 0.3) is 10.4 Å². The van der Waals surface area contributed by atoms with E-state index in [4.69, 9.17) is 9.47 Å². The fraction of sp³-hybridized carbons (Fsp3) is 0.292. The van der Waals surface area contributed by atoms with Crippen LogP contribution in [0.4, 0.5) is 10.5 Å². The molecule has 1 amide bonds. The molecule has 31 heavy (non-hydrogen) atoms. The molecule has 1 aliphatic carbocycles. The third-order valence-electron chi connectivity index (χ3n) is 5.67. The molecule has 2 aromatic carbocycles. The second-order valence-corrected chi connectivity index (χ2v) is 8.48. The summed E-state index contributed by atoms with van der Waals surface area (Å²) in [4.78, 5) is 25.5. The number of carbonyl (C=O) groups excluding carboxylic acids is 2. The molecule has 1 heterocycles. The van der Waals surface area contributed by atoms with E-state index in [0.717, 1.165) is 40.1 Å². The molecule has 0 radical (unpaired) electrons. The summed E-state index contributed by atoms with van der Waals surface area (Å²) in [6.07, 6.45) is 0.706. The maximum absolute atomic E-state index is 12.5. The van der Waals surface area contributed by atoms with E-state index < -0.39 is 11.5 Å². The van der Waals surface area contributed by atoms with Gasteiger partial charge in [0.15, 0.2) is 0 Å². The van der Waals surface area contributed by atoms with Crippen molar-refractivity contribution in [3.63, 3.8) is 0 Å². The molecule has 1 fully saturated rings. The Kier molecular flexibility index (Phi) is 5.78. The quantitative estimate of drug-likeness (QED) is 0.507. The van der Waals surface area contributed by atoms with Crippen molar-refractivity contribution in [1.82, 2.24) is 4.37 Å². The van der Waals surface area contributed by atoms with Crippen LogP contribution in [0.1, 0.15) is 42.7 Å². The molecule has 160 valence electrons. The highest BCUT2D eigenvalue weighted by atomic mass is 32.1. The molecule has 0 saturated heterocycles. The van der Waals surface area contributed by atoms with Gasteiger partial charge in [-0.05, 0) is 54.9 Å². The lowest BCUT2D eigenvalue weighted by Gasteiger charge is -2.15. The van der Waals surface area contributed by atoms with E-state index in [1.54, 1.807) is 0 Å². The number of aryl methyl sites for hydroxylation is 1. The number of benzene rings is 2. The first-order valence-corrected chi connectivity index (χ1v) is 10.9. The van der Waals surface area contributed by atoms with Crippen molar-refractivity contribution in [3.05, 3.63) is 71.4 Å². The van der Waals surface area contributed by atoms with Crippen LogP contribution in [-0.4, -0.2) is 23.5 Å². The minimum atomic E-state index is -0.528. The molecule has 0 aliphatic heterocycles. The van der Waals surface area contributed by atoms with E-state index in [9.17, 15) is 9.59 Å². The van der Waals surface area contributed by atoms with Gasteiger partial charge < -0.3 is 9.47 Å². The van der Waals surface area contributed by atoms with Gasteiger partial charge in [-0.1, -0.05) is 54.6 Å². The van der Waals surface area contributed by atoms with Crippen molar-refractivity contribution >= 4 is 29.3 Å². The minimum absolute atomic E-state index is 0.188. The minimum Gasteiger partial charge on any atom is -0.468 e. The summed E-state index contributed by atoms with van der Waals surface area (Å²) in [6.45, 7) is 3.68. The number of hydrogen-bond donors (Lipinski definition) is 1. The number of carbonyl (C=O) groups is 2. The molecule has 1 aromatic heterocycles. The van der Waals surface area contributed by atoms with Crippen LogP contribution in [0.3, 0.4) is 0 Å². The number of nitrogens with zero attached hydrogens (tertiary/aromatic N) is 1. The second kappa shape index (κ2) is 8.51. The Morgan fingerprint density at radius 2 is 1.77 bits per heavy atom. The number of ether oxygens (including phenoxy) is 2. The summed E-state index contributed by atoms with van der Waals surface area (Å²) in [6, 6.07) is 17.4. The van der Waals surface area contributed by atoms with Gasteiger partial charge in [-0.3, -0.25) is 10.1 Å². The highest BCUT2D eigenvalue weighted by Gasteiger charge is 2.52. The zero-order chi connectivity index (χ0) is 22.0. The zero-order valence-corrected chi connectivity index (χ0v) is 18.5. The van der Waals surface area contributed by atoms with Crippen molar-refractivity contribution < 1.29 is 19.1 Å². The maximum atomic E-state index is 12.5. The first-order chi connectivity index (χ1) is 14.9. The molecular weight excluding hydrogens is 412 g/mol. The lowest BCUT2D eigenvalue weighted by atomic mass is 9.95. The number of aromatic nitrogens is 1. The van der Waals surface area contributed by atoms with Gasteiger partial charge in [0.1, 0.15) is 6.10 Å². The average molecular weight is 437 g/mol. The third kappa shape index (κ3) is 4.18. The molecule has 6 nitrogen and oxygen atoms in total. The monoisotopic (exact) mass is 436 g/mol. The molecule has 1 N–H and O–H groups in total. The summed E-state index contributed by atoms with van der Waals surface area (Å²) >= 11 is 1.31. The van der Waals surface area contributed by atoms with Crippen LogP contribution in [0.5, 0.6) is 0 Å². The first kappa shape index (κ1) is 21.1. The van der Waals surface area contributed by atoms with Gasteiger partial charge in [-0.25, -0.2) is 4.79 Å². The molecule has 4 rings (SSSR count). The zero-order valence-electron chi connectivity index (χ0n) is 17.7. The van der Waals surface area contributed by atoms with Crippen molar-refractivity contribution in [3.8, 4) is 10.4 Å². The Balaban J connectivity index is 1.50. The van der Waals surface area contributed by atoms with Gasteiger partial charge in [-0.15, -0.1) is 0 Å². The highest BCUT2D eigenvalue weighted by Crippen LogP contribution is 2.49. The molecule has 1 aliphatic rings. The van der Waals surface area contributed by atoms with E-state index in [-0.39, 0.29) is 12.1 Å².